The van der Waals surface area contributed by atoms with E-state index < -0.39 is 10.9 Å². The van der Waals surface area contributed by atoms with E-state index >= 15 is 0 Å². The van der Waals surface area contributed by atoms with E-state index in [0.717, 1.165) is 11.8 Å². The number of Topliss-reactive ketones (excluding diaryl/α,β-unsaturated/α-hetero) is 1. The first kappa shape index (κ1) is 14.2. The van der Waals surface area contributed by atoms with Crippen LogP contribution < -0.4 is 0 Å². The van der Waals surface area contributed by atoms with E-state index in [4.69, 9.17) is 5.11 Å². The van der Waals surface area contributed by atoms with Crippen LogP contribution in [-0.2, 0) is 4.79 Å². The zero-order valence-electron chi connectivity index (χ0n) is 9.80. The third kappa shape index (κ3) is 3.30. The van der Waals surface area contributed by atoms with Crippen LogP contribution in [0.5, 0.6) is 0 Å². The molecule has 1 aromatic carbocycles. The Morgan fingerprint density at radius 1 is 1.44 bits per heavy atom. The van der Waals surface area contributed by atoms with Gasteiger partial charge in [-0.3, -0.25) is 19.7 Å². The lowest BCUT2D eigenvalue weighted by molar-refractivity contribution is -0.387. The maximum absolute atomic E-state index is 11.3. The number of nitro benzene ring substituents is 1. The minimum Gasteiger partial charge on any atom is -0.481 e. The second-order valence-corrected chi connectivity index (χ2v) is 4.65. The summed E-state index contributed by atoms with van der Waals surface area (Å²) in [5, 5.41) is 19.5. The maximum Gasteiger partial charge on any atom is 0.313 e. The van der Waals surface area contributed by atoms with Crippen LogP contribution in [0.15, 0.2) is 17.0 Å². The molecule has 0 spiro atoms. The number of benzene rings is 1. The molecule has 96 valence electrons. The van der Waals surface area contributed by atoms with E-state index in [1.807, 2.05) is 0 Å². The maximum atomic E-state index is 11.3. The Labute approximate surface area is 107 Å². The summed E-state index contributed by atoms with van der Waals surface area (Å²) in [5.74, 6) is -1.58. The number of aliphatic carboxylic acids is 1. The first-order chi connectivity index (χ1) is 8.32. The highest BCUT2D eigenvalue weighted by atomic mass is 32.2. The van der Waals surface area contributed by atoms with Gasteiger partial charge in [0.1, 0.15) is 0 Å². The van der Waals surface area contributed by atoms with Crippen molar-refractivity contribution < 1.29 is 19.6 Å². The van der Waals surface area contributed by atoms with Gasteiger partial charge in [0.2, 0.25) is 0 Å². The smallest absolute Gasteiger partial charge is 0.313 e. The highest BCUT2D eigenvalue weighted by Gasteiger charge is 2.19. The molecule has 0 amide bonds. The molecule has 0 aliphatic rings. The minimum absolute atomic E-state index is 0.239. The predicted octanol–water partition coefficient (Wildman–Crippen LogP) is 2.28. The summed E-state index contributed by atoms with van der Waals surface area (Å²) >= 11 is 0.866. The van der Waals surface area contributed by atoms with Crippen LogP contribution >= 0.6 is 11.8 Å². The number of ketones is 1. The van der Waals surface area contributed by atoms with Crippen LogP contribution in [0.4, 0.5) is 5.69 Å². The van der Waals surface area contributed by atoms with E-state index in [1.54, 1.807) is 6.92 Å². The normalized spacial score (nSPS) is 10.1. The van der Waals surface area contributed by atoms with E-state index in [-0.39, 0.29) is 27.7 Å². The molecule has 0 aromatic heterocycles. The summed E-state index contributed by atoms with van der Waals surface area (Å²) in [6, 6.07) is 2.67. The van der Waals surface area contributed by atoms with E-state index in [9.17, 15) is 19.7 Å². The molecule has 7 heteroatoms. The fourth-order valence-corrected chi connectivity index (χ4v) is 2.27. The van der Waals surface area contributed by atoms with Crippen LogP contribution in [0.2, 0.25) is 0 Å². The van der Waals surface area contributed by atoms with Gasteiger partial charge in [-0.2, -0.15) is 0 Å². The molecule has 0 fully saturated rings. The van der Waals surface area contributed by atoms with Crippen molar-refractivity contribution in [3.63, 3.8) is 0 Å². The number of carboxylic acid groups (broad SMARTS) is 1. The van der Waals surface area contributed by atoms with Gasteiger partial charge in [0.05, 0.1) is 15.6 Å². The Balaban J connectivity index is 3.24. The molecule has 0 bridgehead atoms. The van der Waals surface area contributed by atoms with Gasteiger partial charge in [0, 0.05) is 11.6 Å². The third-order valence-electron chi connectivity index (χ3n) is 2.23. The van der Waals surface area contributed by atoms with Crippen molar-refractivity contribution in [2.45, 2.75) is 18.7 Å². The zero-order chi connectivity index (χ0) is 13.9. The van der Waals surface area contributed by atoms with Crippen molar-refractivity contribution in [2.75, 3.05) is 5.75 Å². The average molecular weight is 269 g/mol. The molecule has 0 unspecified atom stereocenters. The Kier molecular flexibility index (Phi) is 4.43. The van der Waals surface area contributed by atoms with Gasteiger partial charge < -0.3 is 5.11 Å². The first-order valence-corrected chi connectivity index (χ1v) is 5.96. The van der Waals surface area contributed by atoms with Crippen LogP contribution in [-0.4, -0.2) is 27.5 Å². The topological polar surface area (TPSA) is 97.5 Å². The van der Waals surface area contributed by atoms with Gasteiger partial charge in [-0.25, -0.2) is 0 Å². The number of carbonyl (C=O) groups excluding carboxylic acids is 1. The Bertz CT molecular complexity index is 526. The summed E-state index contributed by atoms with van der Waals surface area (Å²) < 4.78 is 0. The van der Waals surface area contributed by atoms with Crippen molar-refractivity contribution in [3.05, 3.63) is 33.4 Å². The van der Waals surface area contributed by atoms with Crippen molar-refractivity contribution in [1.29, 1.82) is 0 Å². The Hall–Kier alpha value is -1.89. The first-order valence-electron chi connectivity index (χ1n) is 4.97. The molecule has 1 rings (SSSR count). The average Bonchev–Trinajstić information content (AvgIpc) is 2.25. The lowest BCUT2D eigenvalue weighted by atomic mass is 10.0. The molecular weight excluding hydrogens is 258 g/mol. The highest BCUT2D eigenvalue weighted by Crippen LogP contribution is 2.32. The van der Waals surface area contributed by atoms with E-state index in [1.165, 1.54) is 19.1 Å². The number of hydrogen-bond acceptors (Lipinski definition) is 5. The zero-order valence-corrected chi connectivity index (χ0v) is 10.6. The van der Waals surface area contributed by atoms with Gasteiger partial charge in [0.15, 0.2) is 5.78 Å². The van der Waals surface area contributed by atoms with Gasteiger partial charge in [-0.05, 0) is 25.5 Å². The third-order valence-corrected chi connectivity index (χ3v) is 3.26. The van der Waals surface area contributed by atoms with Crippen LogP contribution in [0.1, 0.15) is 22.8 Å². The molecule has 18 heavy (non-hydrogen) atoms. The molecule has 0 saturated carbocycles. The lowest BCUT2D eigenvalue weighted by Crippen LogP contribution is -2.02. The predicted molar refractivity (Wildman–Crippen MR) is 66.2 cm³/mol. The van der Waals surface area contributed by atoms with Crippen LogP contribution in [0.3, 0.4) is 0 Å². The number of nitrogens with zero attached hydrogens (tertiary/aromatic N) is 1. The summed E-state index contributed by atoms with van der Waals surface area (Å²) in [6.07, 6.45) is 0. The largest absolute Gasteiger partial charge is 0.481 e. The molecule has 0 aliphatic carbocycles. The SMILES string of the molecule is CC(=O)c1cc([N+](=O)[O-])c(SCC(=O)O)cc1C. The number of hydrogen-bond donors (Lipinski definition) is 1. The molecule has 0 heterocycles. The second kappa shape index (κ2) is 5.63. The molecule has 0 saturated heterocycles. The van der Waals surface area contributed by atoms with Crippen molar-refractivity contribution in [2.24, 2.45) is 0 Å². The summed E-state index contributed by atoms with van der Waals surface area (Å²) in [7, 11) is 0. The number of rotatable bonds is 5. The molecule has 1 aromatic rings. The van der Waals surface area contributed by atoms with Gasteiger partial charge in [-0.1, -0.05) is 0 Å². The summed E-state index contributed by atoms with van der Waals surface area (Å²) in [5.41, 5.74) is 0.638. The minimum atomic E-state index is -1.05. The highest BCUT2D eigenvalue weighted by molar-refractivity contribution is 8.00. The standard InChI is InChI=1S/C11H11NO5S/c1-6-3-10(18-5-11(14)15)9(12(16)17)4-8(6)7(2)13/h3-4H,5H2,1-2H3,(H,14,15). The Morgan fingerprint density at radius 2 is 2.06 bits per heavy atom. The quantitative estimate of drug-likeness (QED) is 0.381. The van der Waals surface area contributed by atoms with Crippen LogP contribution in [0.25, 0.3) is 0 Å². The van der Waals surface area contributed by atoms with E-state index in [2.05, 4.69) is 0 Å². The molecule has 1 N–H and O–H groups in total. The van der Waals surface area contributed by atoms with Gasteiger partial charge >= 0.3 is 5.97 Å². The number of aryl methyl sites for hydroxylation is 1. The summed E-state index contributed by atoms with van der Waals surface area (Å²) in [4.78, 5) is 32.3. The second-order valence-electron chi connectivity index (χ2n) is 3.63. The van der Waals surface area contributed by atoms with Crippen molar-refractivity contribution in [3.8, 4) is 0 Å². The summed E-state index contributed by atoms with van der Waals surface area (Å²) in [6.45, 7) is 2.99. The van der Waals surface area contributed by atoms with Gasteiger partial charge in [-0.15, -0.1) is 11.8 Å². The number of carboxylic acids is 1. The fourth-order valence-electron chi connectivity index (χ4n) is 1.45. The number of carbonyl (C=O) groups is 2. The van der Waals surface area contributed by atoms with Crippen LogP contribution in [0, 0.1) is 17.0 Å². The molecule has 0 atom stereocenters. The van der Waals surface area contributed by atoms with Crippen molar-refractivity contribution in [1.82, 2.24) is 0 Å². The molecule has 0 aliphatic heterocycles. The molecule has 6 nitrogen and oxygen atoms in total. The molecular formula is C11H11NO5S. The Morgan fingerprint density at radius 3 is 2.50 bits per heavy atom. The monoisotopic (exact) mass is 269 g/mol. The number of nitro groups is 1. The van der Waals surface area contributed by atoms with Gasteiger partial charge in [0.25, 0.3) is 5.69 Å². The lowest BCUT2D eigenvalue weighted by Gasteiger charge is -2.06. The number of thioether (sulfide) groups is 1. The molecule has 0 radical (unpaired) electrons. The fraction of sp³-hybridized carbons (Fsp3) is 0.273. The van der Waals surface area contributed by atoms with Crippen molar-refractivity contribution >= 4 is 29.2 Å². The van der Waals surface area contributed by atoms with E-state index in [0.29, 0.717) is 5.56 Å².